The third-order valence-corrected chi connectivity index (χ3v) is 6.50. The van der Waals surface area contributed by atoms with Crippen LogP contribution >= 0.6 is 7.92 Å². The van der Waals surface area contributed by atoms with E-state index in [1.807, 2.05) is 7.05 Å². The molecule has 106 valence electrons. The minimum Gasteiger partial charge on any atom is -0.317 e. The summed E-state index contributed by atoms with van der Waals surface area (Å²) in [7, 11) is 1.76. The molecule has 0 aliphatic rings. The van der Waals surface area contributed by atoms with Gasteiger partial charge < -0.3 is 5.32 Å². The van der Waals surface area contributed by atoms with Crippen LogP contribution in [0.1, 0.15) is 20.3 Å². The molecule has 0 aliphatic carbocycles. The number of hydrogen-bond acceptors (Lipinski definition) is 1. The first-order valence-corrected chi connectivity index (χ1v) is 8.70. The summed E-state index contributed by atoms with van der Waals surface area (Å²) < 4.78 is 0. The van der Waals surface area contributed by atoms with Gasteiger partial charge in [0.25, 0.3) is 0 Å². The van der Waals surface area contributed by atoms with Crippen molar-refractivity contribution >= 4 is 18.5 Å². The van der Waals surface area contributed by atoms with Crippen molar-refractivity contribution in [3.05, 3.63) is 60.7 Å². The van der Waals surface area contributed by atoms with Crippen LogP contribution in [-0.2, 0) is 0 Å². The van der Waals surface area contributed by atoms with Crippen molar-refractivity contribution in [2.45, 2.75) is 32.0 Å². The maximum atomic E-state index is 3.36. The first-order valence-electron chi connectivity index (χ1n) is 7.29. The lowest BCUT2D eigenvalue weighted by molar-refractivity contribution is 0.562. The molecule has 0 bridgehead atoms. The molecule has 20 heavy (non-hydrogen) atoms. The zero-order chi connectivity index (χ0) is 14.4. The number of nitrogens with one attached hydrogen (secondary N) is 1. The molecule has 2 aromatic rings. The van der Waals surface area contributed by atoms with E-state index < -0.39 is 0 Å². The van der Waals surface area contributed by atoms with Crippen LogP contribution in [0.2, 0.25) is 0 Å². The maximum Gasteiger partial charge on any atom is 0.00418 e. The van der Waals surface area contributed by atoms with E-state index in [9.17, 15) is 0 Å². The Balaban J connectivity index is 2.30. The topological polar surface area (TPSA) is 12.0 Å². The molecule has 0 spiro atoms. The minimum atomic E-state index is -0.290. The van der Waals surface area contributed by atoms with Gasteiger partial charge in [0.2, 0.25) is 0 Å². The molecule has 0 amide bonds. The Morgan fingerprint density at radius 1 is 0.850 bits per heavy atom. The average molecular weight is 285 g/mol. The van der Waals surface area contributed by atoms with Crippen molar-refractivity contribution in [2.75, 3.05) is 7.05 Å². The molecular formula is C18H24NP. The van der Waals surface area contributed by atoms with E-state index in [0.717, 1.165) is 0 Å². The van der Waals surface area contributed by atoms with E-state index in [1.54, 1.807) is 0 Å². The van der Waals surface area contributed by atoms with Crippen molar-refractivity contribution in [3.8, 4) is 0 Å². The molecule has 0 aliphatic heterocycles. The van der Waals surface area contributed by atoms with Crippen LogP contribution in [0.15, 0.2) is 60.7 Å². The molecule has 0 aromatic heterocycles. The summed E-state index contributed by atoms with van der Waals surface area (Å²) in [5.41, 5.74) is 0.664. The molecule has 2 atom stereocenters. The van der Waals surface area contributed by atoms with E-state index in [4.69, 9.17) is 0 Å². The smallest absolute Gasteiger partial charge is 0.00418 e. The third-order valence-electron chi connectivity index (χ3n) is 3.70. The van der Waals surface area contributed by atoms with Gasteiger partial charge in [-0.1, -0.05) is 67.6 Å². The first kappa shape index (κ1) is 15.2. The van der Waals surface area contributed by atoms with Crippen LogP contribution in [-0.4, -0.2) is 18.7 Å². The lowest BCUT2D eigenvalue weighted by Crippen LogP contribution is -2.28. The molecule has 1 nitrogen and oxygen atoms in total. The van der Waals surface area contributed by atoms with Gasteiger partial charge in [-0.05, 0) is 44.6 Å². The standard InChI is InChI=1S/C18H24NP/c1-15(19-3)14-16(2)20(17-10-6-4-7-11-17)18-12-8-5-9-13-18/h4-13,15-16,19H,14H2,1-3H3/t15-,16-/m0/s1. The summed E-state index contributed by atoms with van der Waals surface area (Å²) in [6, 6.07) is 22.5. The van der Waals surface area contributed by atoms with Gasteiger partial charge in [0.05, 0.1) is 0 Å². The Morgan fingerprint density at radius 3 is 1.70 bits per heavy atom. The van der Waals surface area contributed by atoms with Crippen LogP contribution in [0.3, 0.4) is 0 Å². The van der Waals surface area contributed by atoms with Crippen LogP contribution in [0.5, 0.6) is 0 Å². The summed E-state index contributed by atoms with van der Waals surface area (Å²) in [6.07, 6.45) is 1.20. The van der Waals surface area contributed by atoms with Crippen molar-refractivity contribution in [2.24, 2.45) is 0 Å². The fourth-order valence-electron chi connectivity index (χ4n) is 2.57. The molecular weight excluding hydrogens is 261 g/mol. The molecule has 0 heterocycles. The van der Waals surface area contributed by atoms with Crippen molar-refractivity contribution in [3.63, 3.8) is 0 Å². The Kier molecular flexibility index (Phi) is 5.76. The predicted molar refractivity (Wildman–Crippen MR) is 91.7 cm³/mol. The monoisotopic (exact) mass is 285 g/mol. The average Bonchev–Trinajstić information content (AvgIpc) is 2.49. The molecule has 1 N–H and O–H groups in total. The van der Waals surface area contributed by atoms with Crippen LogP contribution in [0.25, 0.3) is 0 Å². The van der Waals surface area contributed by atoms with E-state index in [1.165, 1.54) is 17.0 Å². The Bertz CT molecular complexity index is 458. The SMILES string of the molecule is CN[C@@H](C)C[C@H](C)P(c1ccccc1)c1ccccc1. The molecule has 0 saturated heterocycles. The van der Waals surface area contributed by atoms with E-state index in [2.05, 4.69) is 79.8 Å². The van der Waals surface area contributed by atoms with Crippen LogP contribution in [0.4, 0.5) is 0 Å². The van der Waals surface area contributed by atoms with Gasteiger partial charge >= 0.3 is 0 Å². The highest BCUT2D eigenvalue weighted by atomic mass is 31.1. The summed E-state index contributed by atoms with van der Waals surface area (Å²) in [4.78, 5) is 0. The quantitative estimate of drug-likeness (QED) is 0.801. The Hall–Kier alpha value is -1.17. The van der Waals surface area contributed by atoms with Gasteiger partial charge in [-0.15, -0.1) is 0 Å². The Morgan fingerprint density at radius 2 is 1.30 bits per heavy atom. The normalized spacial score (nSPS) is 14.2. The highest BCUT2D eigenvalue weighted by Gasteiger charge is 2.21. The van der Waals surface area contributed by atoms with Gasteiger partial charge in [-0.25, -0.2) is 0 Å². The molecule has 0 fully saturated rings. The highest BCUT2D eigenvalue weighted by molar-refractivity contribution is 7.73. The lowest BCUT2D eigenvalue weighted by Gasteiger charge is -2.27. The summed E-state index contributed by atoms with van der Waals surface area (Å²) in [6.45, 7) is 4.65. The van der Waals surface area contributed by atoms with Crippen molar-refractivity contribution in [1.29, 1.82) is 0 Å². The van der Waals surface area contributed by atoms with Gasteiger partial charge in [0, 0.05) is 6.04 Å². The molecule has 0 unspecified atom stereocenters. The molecule has 2 aromatic carbocycles. The zero-order valence-electron chi connectivity index (χ0n) is 12.6. The third kappa shape index (κ3) is 3.91. The lowest BCUT2D eigenvalue weighted by atomic mass is 10.2. The predicted octanol–water partition coefficient (Wildman–Crippen LogP) is 3.51. The highest BCUT2D eigenvalue weighted by Crippen LogP contribution is 2.41. The van der Waals surface area contributed by atoms with E-state index >= 15 is 0 Å². The largest absolute Gasteiger partial charge is 0.317 e. The second kappa shape index (κ2) is 7.57. The minimum absolute atomic E-state index is 0.290. The van der Waals surface area contributed by atoms with Gasteiger partial charge in [-0.3, -0.25) is 0 Å². The fourth-order valence-corrected chi connectivity index (χ4v) is 5.40. The number of rotatable bonds is 6. The first-order chi connectivity index (χ1) is 9.72. The molecule has 0 saturated carbocycles. The van der Waals surface area contributed by atoms with Crippen molar-refractivity contribution in [1.82, 2.24) is 5.32 Å². The van der Waals surface area contributed by atoms with E-state index in [0.29, 0.717) is 11.7 Å². The fraction of sp³-hybridized carbons (Fsp3) is 0.333. The van der Waals surface area contributed by atoms with E-state index in [-0.39, 0.29) is 7.92 Å². The van der Waals surface area contributed by atoms with Crippen LogP contribution in [0, 0.1) is 0 Å². The summed E-state index contributed by atoms with van der Waals surface area (Å²) in [5, 5.41) is 6.32. The number of benzene rings is 2. The molecule has 0 radical (unpaired) electrons. The summed E-state index contributed by atoms with van der Waals surface area (Å²) >= 11 is 0. The van der Waals surface area contributed by atoms with Crippen LogP contribution < -0.4 is 15.9 Å². The van der Waals surface area contributed by atoms with Gasteiger partial charge in [0.15, 0.2) is 0 Å². The van der Waals surface area contributed by atoms with Gasteiger partial charge in [0.1, 0.15) is 0 Å². The second-order valence-corrected chi connectivity index (χ2v) is 7.97. The second-order valence-electron chi connectivity index (χ2n) is 5.32. The Labute approximate surface area is 124 Å². The molecule has 2 rings (SSSR count). The van der Waals surface area contributed by atoms with Gasteiger partial charge in [-0.2, -0.15) is 0 Å². The van der Waals surface area contributed by atoms with Crippen molar-refractivity contribution < 1.29 is 0 Å². The molecule has 2 heteroatoms. The zero-order valence-corrected chi connectivity index (χ0v) is 13.5. The number of hydrogen-bond donors (Lipinski definition) is 1. The summed E-state index contributed by atoms with van der Waals surface area (Å²) in [5.74, 6) is 0. The maximum absolute atomic E-state index is 3.36.